The van der Waals surface area contributed by atoms with E-state index in [9.17, 15) is 17.6 Å². The quantitative estimate of drug-likeness (QED) is 0.794. The number of hydrogen-bond acceptors (Lipinski definition) is 3. The van der Waals surface area contributed by atoms with Gasteiger partial charge in [-0.3, -0.25) is 4.90 Å². The van der Waals surface area contributed by atoms with E-state index in [1.165, 1.54) is 0 Å². The largest absolute Gasteiger partial charge is 0.466 e. The zero-order chi connectivity index (χ0) is 14.2. The number of nitrogens with zero attached hydrogens (tertiary/aromatic N) is 2. The number of halogens is 4. The summed E-state index contributed by atoms with van der Waals surface area (Å²) < 4.78 is 58.1. The number of pyridine rings is 1. The maximum Gasteiger partial charge on any atom is 0.297 e. The molecule has 0 amide bonds. The van der Waals surface area contributed by atoms with E-state index in [-0.39, 0.29) is 18.5 Å². The van der Waals surface area contributed by atoms with Gasteiger partial charge in [0.05, 0.1) is 12.7 Å². The smallest absolute Gasteiger partial charge is 0.297 e. The van der Waals surface area contributed by atoms with Crippen LogP contribution in [0.25, 0.3) is 0 Å². The topological polar surface area (TPSA) is 25.4 Å². The van der Waals surface area contributed by atoms with Crippen molar-refractivity contribution in [1.82, 2.24) is 9.88 Å². The van der Waals surface area contributed by atoms with Gasteiger partial charge in [0.25, 0.3) is 5.92 Å². The first-order valence-corrected chi connectivity index (χ1v) is 5.89. The summed E-state index contributed by atoms with van der Waals surface area (Å²) in [6, 6.07) is 0.626. The summed E-state index contributed by atoms with van der Waals surface area (Å²) in [4.78, 5) is 5.01. The number of rotatable bonds is 3. The molecule has 19 heavy (non-hydrogen) atoms. The number of ether oxygens (including phenoxy) is 1. The van der Waals surface area contributed by atoms with Crippen molar-refractivity contribution in [2.45, 2.75) is 31.9 Å². The molecule has 0 saturated carbocycles. The Morgan fingerprint density at radius 3 is 2.58 bits per heavy atom. The number of alkyl halides is 2. The molecule has 0 bridgehead atoms. The molecule has 0 spiro atoms. The maximum absolute atomic E-state index is 13.7. The summed E-state index contributed by atoms with van der Waals surface area (Å²) >= 11 is 0. The molecule has 7 heteroatoms. The maximum atomic E-state index is 13.7. The van der Waals surface area contributed by atoms with Gasteiger partial charge < -0.3 is 4.74 Å². The third-order valence-corrected chi connectivity index (χ3v) is 3.06. The highest BCUT2D eigenvalue weighted by molar-refractivity contribution is 5.14. The van der Waals surface area contributed by atoms with Gasteiger partial charge >= 0.3 is 0 Å². The van der Waals surface area contributed by atoms with Crippen LogP contribution in [0, 0.1) is 11.6 Å². The summed E-state index contributed by atoms with van der Waals surface area (Å²) in [5.74, 6) is -5.70. The highest BCUT2D eigenvalue weighted by Gasteiger charge is 2.50. The van der Waals surface area contributed by atoms with E-state index in [0.717, 1.165) is 0 Å². The molecule has 1 aromatic rings. The first-order chi connectivity index (χ1) is 8.79. The van der Waals surface area contributed by atoms with Crippen molar-refractivity contribution < 1.29 is 22.3 Å². The second-order valence-electron chi connectivity index (χ2n) is 4.83. The Morgan fingerprint density at radius 1 is 1.37 bits per heavy atom. The van der Waals surface area contributed by atoms with Crippen molar-refractivity contribution >= 4 is 0 Å². The predicted molar refractivity (Wildman–Crippen MR) is 60.2 cm³/mol. The van der Waals surface area contributed by atoms with Gasteiger partial charge in [0.2, 0.25) is 5.88 Å². The fraction of sp³-hybridized carbons (Fsp3) is 0.583. The van der Waals surface area contributed by atoms with Crippen LogP contribution in [0.15, 0.2) is 12.3 Å². The summed E-state index contributed by atoms with van der Waals surface area (Å²) in [5, 5.41) is 0. The Morgan fingerprint density at radius 2 is 2.05 bits per heavy atom. The van der Waals surface area contributed by atoms with Gasteiger partial charge in [-0.1, -0.05) is 0 Å². The lowest BCUT2D eigenvalue weighted by Gasteiger charge is -2.19. The lowest BCUT2D eigenvalue weighted by Crippen LogP contribution is -2.36. The molecule has 1 aliphatic rings. The first kappa shape index (κ1) is 14.0. The average Bonchev–Trinajstić information content (AvgIpc) is 2.60. The molecule has 1 aromatic heterocycles. The summed E-state index contributed by atoms with van der Waals surface area (Å²) in [6.07, 6.45) is -0.801. The van der Waals surface area contributed by atoms with E-state index in [1.54, 1.807) is 18.7 Å². The zero-order valence-corrected chi connectivity index (χ0v) is 10.5. The second-order valence-corrected chi connectivity index (χ2v) is 4.83. The Hall–Kier alpha value is -1.37. The van der Waals surface area contributed by atoms with E-state index in [2.05, 4.69) is 4.98 Å². The molecule has 3 nitrogen and oxygen atoms in total. The van der Waals surface area contributed by atoms with Crippen molar-refractivity contribution in [3.8, 4) is 5.88 Å². The zero-order valence-electron chi connectivity index (χ0n) is 10.5. The molecule has 1 saturated heterocycles. The van der Waals surface area contributed by atoms with Gasteiger partial charge in [-0.05, 0) is 13.8 Å². The molecule has 2 rings (SSSR count). The van der Waals surface area contributed by atoms with Crippen LogP contribution in [0.4, 0.5) is 17.6 Å². The minimum Gasteiger partial charge on any atom is -0.466 e. The Balaban J connectivity index is 2.12. The highest BCUT2D eigenvalue weighted by Crippen LogP contribution is 2.31. The molecule has 106 valence electrons. The van der Waals surface area contributed by atoms with Crippen molar-refractivity contribution in [1.29, 1.82) is 0 Å². The van der Waals surface area contributed by atoms with Gasteiger partial charge in [0.1, 0.15) is 0 Å². The molecule has 0 radical (unpaired) electrons. The molecule has 0 aromatic carbocycles. The minimum atomic E-state index is -3.04. The third-order valence-electron chi connectivity index (χ3n) is 3.06. The molecular weight excluding hydrogens is 264 g/mol. The van der Waals surface area contributed by atoms with Gasteiger partial charge in [0, 0.05) is 18.7 Å². The third kappa shape index (κ3) is 2.97. The van der Waals surface area contributed by atoms with Crippen LogP contribution in [0.3, 0.4) is 0 Å². The van der Waals surface area contributed by atoms with Crippen LogP contribution < -0.4 is 4.74 Å². The molecule has 1 fully saturated rings. The van der Waals surface area contributed by atoms with E-state index in [4.69, 9.17) is 4.74 Å². The van der Waals surface area contributed by atoms with Crippen LogP contribution in [0.1, 0.15) is 13.8 Å². The molecule has 0 N–H and O–H groups in total. The fourth-order valence-corrected chi connectivity index (χ4v) is 1.91. The van der Waals surface area contributed by atoms with Crippen molar-refractivity contribution in [2.75, 3.05) is 13.1 Å². The van der Waals surface area contributed by atoms with Crippen molar-refractivity contribution in [3.05, 3.63) is 23.9 Å². The van der Waals surface area contributed by atoms with Gasteiger partial charge in [-0.25, -0.2) is 22.5 Å². The van der Waals surface area contributed by atoms with Crippen molar-refractivity contribution in [2.24, 2.45) is 0 Å². The summed E-state index contributed by atoms with van der Waals surface area (Å²) in [6.45, 7) is 3.20. The molecule has 1 aliphatic heterocycles. The van der Waals surface area contributed by atoms with Gasteiger partial charge in [-0.15, -0.1) is 0 Å². The minimum absolute atomic E-state index is 0.0192. The summed E-state index contributed by atoms with van der Waals surface area (Å²) in [5.41, 5.74) is 0. The van der Waals surface area contributed by atoms with E-state index < -0.39 is 30.2 Å². The van der Waals surface area contributed by atoms with Crippen LogP contribution in [0.2, 0.25) is 0 Å². The predicted octanol–water partition coefficient (Wildman–Crippen LogP) is 2.47. The SMILES string of the molecule is CC(C)N1C[C@H](Oc2cc(F)c(F)cn2)C(F)(F)C1. The van der Waals surface area contributed by atoms with E-state index in [1.807, 2.05) is 0 Å². The molecule has 0 aliphatic carbocycles. The second kappa shape index (κ2) is 4.96. The molecular formula is C12H14F4N2O. The normalized spacial score (nSPS) is 23.0. The monoisotopic (exact) mass is 278 g/mol. The summed E-state index contributed by atoms with van der Waals surface area (Å²) in [7, 11) is 0. The van der Waals surface area contributed by atoms with Gasteiger partial charge in [-0.2, -0.15) is 0 Å². The lowest BCUT2D eigenvalue weighted by molar-refractivity contribution is -0.0639. The first-order valence-electron chi connectivity index (χ1n) is 5.89. The van der Waals surface area contributed by atoms with E-state index in [0.29, 0.717) is 12.3 Å². The molecule has 2 heterocycles. The van der Waals surface area contributed by atoms with E-state index >= 15 is 0 Å². The Bertz CT molecular complexity index is 467. The standard InChI is InChI=1S/C12H14F4N2O/c1-7(2)18-5-10(12(15,16)6-18)19-11-3-8(13)9(14)4-17-11/h3-4,7,10H,5-6H2,1-2H3/t10-/m0/s1. The number of aromatic nitrogens is 1. The van der Waals surface area contributed by atoms with Crippen molar-refractivity contribution in [3.63, 3.8) is 0 Å². The number of likely N-dealkylation sites (tertiary alicyclic amines) is 1. The van der Waals surface area contributed by atoms with Crippen LogP contribution >= 0.6 is 0 Å². The Kier molecular flexibility index (Phi) is 3.66. The molecule has 1 atom stereocenters. The fourth-order valence-electron chi connectivity index (χ4n) is 1.91. The van der Waals surface area contributed by atoms with Crippen LogP contribution in [-0.2, 0) is 0 Å². The number of hydrogen-bond donors (Lipinski definition) is 0. The van der Waals surface area contributed by atoms with Crippen LogP contribution in [0.5, 0.6) is 5.88 Å². The molecule has 0 unspecified atom stereocenters. The Labute approximate surface area is 108 Å². The average molecular weight is 278 g/mol. The van der Waals surface area contributed by atoms with Gasteiger partial charge in [0.15, 0.2) is 17.7 Å². The highest BCUT2D eigenvalue weighted by atomic mass is 19.3. The van der Waals surface area contributed by atoms with Crippen LogP contribution in [-0.4, -0.2) is 41.0 Å². The lowest BCUT2D eigenvalue weighted by atomic mass is 10.2.